The number of amides is 1. The van der Waals surface area contributed by atoms with E-state index in [2.05, 4.69) is 27.6 Å². The number of hydrogen-bond donors (Lipinski definition) is 2. The summed E-state index contributed by atoms with van der Waals surface area (Å²) in [5.74, 6) is 2.17. The number of carbonyl (C=O) groups is 1. The fraction of sp³-hybridized carbons (Fsp3) is 0.346. The SMILES string of the molecule is CCCCOc1ccc(C2C(C(=O)Nc3ccccc3OC)=C(C)Nc3ncnn32)cc1OCC. The van der Waals surface area contributed by atoms with E-state index >= 15 is 0 Å². The molecule has 0 spiro atoms. The van der Waals surface area contributed by atoms with Gasteiger partial charge >= 0.3 is 0 Å². The van der Waals surface area contributed by atoms with Crippen LogP contribution >= 0.6 is 0 Å². The number of nitrogens with zero attached hydrogens (tertiary/aromatic N) is 3. The lowest BCUT2D eigenvalue weighted by molar-refractivity contribution is -0.113. The van der Waals surface area contributed by atoms with Gasteiger partial charge in [0.25, 0.3) is 5.91 Å². The number of benzene rings is 2. The summed E-state index contributed by atoms with van der Waals surface area (Å²) in [6, 6.07) is 12.5. The number of anilines is 2. The molecule has 0 saturated heterocycles. The Bertz CT molecular complexity index is 1220. The molecule has 9 nitrogen and oxygen atoms in total. The molecule has 35 heavy (non-hydrogen) atoms. The number of aromatic nitrogens is 3. The molecular formula is C26H31N5O4. The van der Waals surface area contributed by atoms with E-state index in [-0.39, 0.29) is 5.91 Å². The number of fused-ring (bicyclic) bond motifs is 1. The van der Waals surface area contributed by atoms with E-state index in [9.17, 15) is 4.79 Å². The molecule has 0 aliphatic carbocycles. The molecule has 1 aliphatic heterocycles. The molecule has 184 valence electrons. The molecule has 1 amide bonds. The smallest absolute Gasteiger partial charge is 0.255 e. The minimum absolute atomic E-state index is 0.271. The normalized spacial score (nSPS) is 14.7. The lowest BCUT2D eigenvalue weighted by Gasteiger charge is -2.29. The second-order valence-corrected chi connectivity index (χ2v) is 8.09. The van der Waals surface area contributed by atoms with Gasteiger partial charge in [0, 0.05) is 5.70 Å². The zero-order valence-corrected chi connectivity index (χ0v) is 20.5. The Hall–Kier alpha value is -4.01. The van der Waals surface area contributed by atoms with Crippen LogP contribution in [0.15, 0.2) is 60.1 Å². The average Bonchev–Trinajstić information content (AvgIpc) is 3.32. The molecular weight excluding hydrogens is 446 g/mol. The highest BCUT2D eigenvalue weighted by molar-refractivity contribution is 6.06. The van der Waals surface area contributed by atoms with Crippen LogP contribution < -0.4 is 24.8 Å². The molecule has 0 saturated carbocycles. The molecule has 3 aromatic rings. The molecule has 2 N–H and O–H groups in total. The highest BCUT2D eigenvalue weighted by Gasteiger charge is 2.34. The van der Waals surface area contributed by atoms with Crippen molar-refractivity contribution in [2.75, 3.05) is 31.0 Å². The first-order chi connectivity index (χ1) is 17.1. The Morgan fingerprint density at radius 1 is 1.11 bits per heavy atom. The fourth-order valence-electron chi connectivity index (χ4n) is 4.04. The summed E-state index contributed by atoms with van der Waals surface area (Å²) in [7, 11) is 1.57. The van der Waals surface area contributed by atoms with Gasteiger partial charge in [-0.1, -0.05) is 31.5 Å². The van der Waals surface area contributed by atoms with Crippen molar-refractivity contribution in [1.29, 1.82) is 0 Å². The largest absolute Gasteiger partial charge is 0.495 e. The van der Waals surface area contributed by atoms with E-state index in [0.717, 1.165) is 18.4 Å². The number of methoxy groups -OCH3 is 1. The Kier molecular flexibility index (Phi) is 7.54. The zero-order valence-electron chi connectivity index (χ0n) is 20.5. The lowest BCUT2D eigenvalue weighted by atomic mass is 9.94. The van der Waals surface area contributed by atoms with Gasteiger partial charge in [0.15, 0.2) is 11.5 Å². The summed E-state index contributed by atoms with van der Waals surface area (Å²) in [5, 5.41) is 10.6. The molecule has 1 unspecified atom stereocenters. The van der Waals surface area contributed by atoms with Gasteiger partial charge in [-0.15, -0.1) is 0 Å². The van der Waals surface area contributed by atoms with E-state index in [1.807, 2.05) is 44.2 Å². The maximum Gasteiger partial charge on any atom is 0.255 e. The summed E-state index contributed by atoms with van der Waals surface area (Å²) in [4.78, 5) is 17.9. The maximum absolute atomic E-state index is 13.6. The zero-order chi connectivity index (χ0) is 24.8. The van der Waals surface area contributed by atoms with Gasteiger partial charge in [0.2, 0.25) is 5.95 Å². The van der Waals surface area contributed by atoms with Crippen molar-refractivity contribution < 1.29 is 19.0 Å². The Morgan fingerprint density at radius 3 is 2.71 bits per heavy atom. The van der Waals surface area contributed by atoms with Gasteiger partial charge in [-0.25, -0.2) is 4.68 Å². The van der Waals surface area contributed by atoms with Crippen LogP contribution in [0.25, 0.3) is 0 Å². The van der Waals surface area contributed by atoms with E-state index in [4.69, 9.17) is 14.2 Å². The highest BCUT2D eigenvalue weighted by Crippen LogP contribution is 2.39. The second-order valence-electron chi connectivity index (χ2n) is 8.09. The second kappa shape index (κ2) is 10.9. The minimum Gasteiger partial charge on any atom is -0.495 e. The van der Waals surface area contributed by atoms with Crippen molar-refractivity contribution in [3.8, 4) is 17.2 Å². The molecule has 1 aromatic heterocycles. The molecule has 0 bridgehead atoms. The molecule has 1 atom stereocenters. The van der Waals surface area contributed by atoms with Gasteiger partial charge in [-0.3, -0.25) is 4.79 Å². The number of ether oxygens (including phenoxy) is 3. The van der Waals surface area contributed by atoms with Crippen molar-refractivity contribution >= 4 is 17.5 Å². The fourth-order valence-corrected chi connectivity index (χ4v) is 4.04. The average molecular weight is 478 g/mol. The van der Waals surface area contributed by atoms with Gasteiger partial charge < -0.3 is 24.8 Å². The Balaban J connectivity index is 1.73. The number of hydrogen-bond acceptors (Lipinski definition) is 7. The van der Waals surface area contributed by atoms with Crippen molar-refractivity contribution in [2.24, 2.45) is 0 Å². The predicted octanol–water partition coefficient (Wildman–Crippen LogP) is 4.79. The predicted molar refractivity (Wildman–Crippen MR) is 134 cm³/mol. The number of unbranched alkanes of at least 4 members (excludes halogenated alkanes) is 1. The molecule has 0 fully saturated rings. The summed E-state index contributed by atoms with van der Waals surface area (Å²) >= 11 is 0. The summed E-state index contributed by atoms with van der Waals surface area (Å²) in [5.41, 5.74) is 2.60. The Morgan fingerprint density at radius 2 is 1.94 bits per heavy atom. The first kappa shape index (κ1) is 24.1. The number of allylic oxidation sites excluding steroid dienone is 1. The van der Waals surface area contributed by atoms with Gasteiger partial charge in [-0.2, -0.15) is 10.1 Å². The van der Waals surface area contributed by atoms with Gasteiger partial charge in [0.05, 0.1) is 31.6 Å². The van der Waals surface area contributed by atoms with Crippen molar-refractivity contribution in [2.45, 2.75) is 39.7 Å². The molecule has 2 heterocycles. The van der Waals surface area contributed by atoms with E-state index < -0.39 is 6.04 Å². The number of para-hydroxylation sites is 2. The summed E-state index contributed by atoms with van der Waals surface area (Å²) < 4.78 is 19.0. The summed E-state index contributed by atoms with van der Waals surface area (Å²) in [6.07, 6.45) is 3.47. The van der Waals surface area contributed by atoms with Crippen molar-refractivity contribution in [3.05, 3.63) is 65.6 Å². The maximum atomic E-state index is 13.6. The molecule has 4 rings (SSSR count). The van der Waals surface area contributed by atoms with Gasteiger partial charge in [-0.05, 0) is 50.1 Å². The van der Waals surface area contributed by atoms with Crippen LogP contribution in [0.4, 0.5) is 11.6 Å². The number of rotatable bonds is 10. The van der Waals surface area contributed by atoms with E-state index in [1.165, 1.54) is 6.33 Å². The monoisotopic (exact) mass is 477 g/mol. The third kappa shape index (κ3) is 5.08. The van der Waals surface area contributed by atoms with Crippen LogP contribution in [0.1, 0.15) is 45.2 Å². The van der Waals surface area contributed by atoms with E-state index in [0.29, 0.717) is 53.4 Å². The summed E-state index contributed by atoms with van der Waals surface area (Å²) in [6.45, 7) is 7.01. The number of carbonyl (C=O) groups excluding carboxylic acids is 1. The minimum atomic E-state index is -0.521. The third-order valence-electron chi connectivity index (χ3n) is 5.73. The van der Waals surface area contributed by atoms with Crippen LogP contribution in [0, 0.1) is 0 Å². The van der Waals surface area contributed by atoms with E-state index in [1.54, 1.807) is 23.9 Å². The molecule has 9 heteroatoms. The molecule has 0 radical (unpaired) electrons. The van der Waals surface area contributed by atoms with Crippen LogP contribution in [0.5, 0.6) is 17.2 Å². The standard InChI is InChI=1S/C26H31N5O4/c1-5-7-14-35-21-13-12-18(15-22(21)34-6-2)24-23(17(3)29-26-27-16-28-31(24)26)25(32)30-19-10-8-9-11-20(19)33-4/h8-13,15-16,24H,5-7,14H2,1-4H3,(H,30,32)(H,27,28,29). The third-order valence-corrected chi connectivity index (χ3v) is 5.73. The topological polar surface area (TPSA) is 99.5 Å². The molecule has 1 aliphatic rings. The first-order valence-corrected chi connectivity index (χ1v) is 11.8. The van der Waals surface area contributed by atoms with Crippen molar-refractivity contribution in [3.63, 3.8) is 0 Å². The molecule has 2 aromatic carbocycles. The van der Waals surface area contributed by atoms with Crippen LogP contribution in [0.2, 0.25) is 0 Å². The number of nitrogens with one attached hydrogen (secondary N) is 2. The van der Waals surface area contributed by atoms with Crippen LogP contribution in [-0.4, -0.2) is 41.0 Å². The van der Waals surface area contributed by atoms with Gasteiger partial charge in [0.1, 0.15) is 18.1 Å². The van der Waals surface area contributed by atoms with Crippen molar-refractivity contribution in [1.82, 2.24) is 14.8 Å². The quantitative estimate of drug-likeness (QED) is 0.405. The highest BCUT2D eigenvalue weighted by atomic mass is 16.5. The first-order valence-electron chi connectivity index (χ1n) is 11.8. The lowest BCUT2D eigenvalue weighted by Crippen LogP contribution is -2.31. The Labute approximate surface area is 205 Å². The van der Waals surface area contributed by atoms with Crippen LogP contribution in [0.3, 0.4) is 0 Å². The van der Waals surface area contributed by atoms with Crippen LogP contribution in [-0.2, 0) is 4.79 Å².